The Bertz CT molecular complexity index is 466. The number of carbonyl (C=O) groups excluding carboxylic acids is 1. The molecule has 0 radical (unpaired) electrons. The maximum atomic E-state index is 12.4. The van der Waals surface area contributed by atoms with Crippen LogP contribution in [0.3, 0.4) is 0 Å². The fourth-order valence-electron chi connectivity index (χ4n) is 2.64. The van der Waals surface area contributed by atoms with Crippen LogP contribution in [0.2, 0.25) is 0 Å². The van der Waals surface area contributed by atoms with Crippen LogP contribution in [0.1, 0.15) is 42.1 Å². The molecule has 0 bridgehead atoms. The van der Waals surface area contributed by atoms with Crippen molar-refractivity contribution in [2.75, 3.05) is 19.6 Å². The minimum Gasteiger partial charge on any atom is -0.507 e. The van der Waals surface area contributed by atoms with Gasteiger partial charge >= 0.3 is 0 Å². The van der Waals surface area contributed by atoms with E-state index in [1.54, 1.807) is 6.07 Å². The van der Waals surface area contributed by atoms with E-state index in [9.17, 15) is 9.90 Å². The number of piperidine rings is 1. The quantitative estimate of drug-likeness (QED) is 0.887. The molecule has 20 heavy (non-hydrogen) atoms. The van der Waals surface area contributed by atoms with Crippen molar-refractivity contribution in [2.24, 2.45) is 0 Å². The van der Waals surface area contributed by atoms with Gasteiger partial charge in [-0.3, -0.25) is 4.79 Å². The first kappa shape index (κ1) is 14.9. The Kier molecular flexibility index (Phi) is 5.01. The van der Waals surface area contributed by atoms with Crippen LogP contribution in [0, 0.1) is 6.92 Å². The summed E-state index contributed by atoms with van der Waals surface area (Å²) in [7, 11) is 0. The summed E-state index contributed by atoms with van der Waals surface area (Å²) >= 11 is 0. The molecule has 0 aliphatic carbocycles. The minimum absolute atomic E-state index is 0.0554. The number of aromatic hydroxyl groups is 1. The number of amides is 1. The van der Waals surface area contributed by atoms with Crippen LogP contribution >= 0.6 is 0 Å². The summed E-state index contributed by atoms with van der Waals surface area (Å²) in [4.78, 5) is 14.3. The van der Waals surface area contributed by atoms with Crippen LogP contribution in [0.4, 0.5) is 0 Å². The van der Waals surface area contributed by atoms with Gasteiger partial charge in [-0.05, 0) is 44.4 Å². The van der Waals surface area contributed by atoms with Crippen molar-refractivity contribution in [1.82, 2.24) is 10.2 Å². The van der Waals surface area contributed by atoms with Gasteiger partial charge in [0, 0.05) is 19.1 Å². The normalized spacial score (nSPS) is 16.4. The van der Waals surface area contributed by atoms with E-state index in [1.807, 2.05) is 24.0 Å². The molecule has 1 saturated heterocycles. The average molecular weight is 276 g/mol. The Morgan fingerprint density at radius 1 is 1.40 bits per heavy atom. The number of nitrogens with zero attached hydrogens (tertiary/aromatic N) is 1. The largest absolute Gasteiger partial charge is 0.507 e. The molecule has 2 rings (SSSR count). The molecule has 4 heteroatoms. The number of hydrogen-bond donors (Lipinski definition) is 2. The third-order valence-corrected chi connectivity index (χ3v) is 3.93. The smallest absolute Gasteiger partial charge is 0.257 e. The van der Waals surface area contributed by atoms with Gasteiger partial charge in [0.2, 0.25) is 0 Å². The van der Waals surface area contributed by atoms with Crippen LogP contribution < -0.4 is 5.32 Å². The molecule has 110 valence electrons. The van der Waals surface area contributed by atoms with E-state index in [2.05, 4.69) is 12.2 Å². The zero-order valence-corrected chi connectivity index (χ0v) is 12.4. The number of likely N-dealkylation sites (tertiary alicyclic amines) is 1. The van der Waals surface area contributed by atoms with Crippen LogP contribution in [0.5, 0.6) is 5.75 Å². The summed E-state index contributed by atoms with van der Waals surface area (Å²) in [5.74, 6) is 0.0591. The van der Waals surface area contributed by atoms with Crippen molar-refractivity contribution in [3.8, 4) is 5.75 Å². The summed E-state index contributed by atoms with van der Waals surface area (Å²) in [5, 5.41) is 13.5. The molecule has 4 nitrogen and oxygen atoms in total. The molecule has 1 aromatic carbocycles. The Morgan fingerprint density at radius 2 is 2.10 bits per heavy atom. The molecule has 1 heterocycles. The van der Waals surface area contributed by atoms with Gasteiger partial charge in [-0.15, -0.1) is 0 Å². The number of phenolic OH excluding ortho intramolecular Hbond substituents is 1. The van der Waals surface area contributed by atoms with Crippen molar-refractivity contribution >= 4 is 5.91 Å². The highest BCUT2D eigenvalue weighted by molar-refractivity contribution is 5.97. The van der Waals surface area contributed by atoms with Crippen molar-refractivity contribution in [2.45, 2.75) is 39.2 Å². The predicted octanol–water partition coefficient (Wildman–Crippen LogP) is 2.30. The average Bonchev–Trinajstić information content (AvgIpc) is 2.48. The first-order valence-electron chi connectivity index (χ1n) is 7.44. The highest BCUT2D eigenvalue weighted by atomic mass is 16.3. The Hall–Kier alpha value is -1.55. The molecule has 1 aromatic rings. The van der Waals surface area contributed by atoms with E-state index >= 15 is 0 Å². The molecule has 0 unspecified atom stereocenters. The van der Waals surface area contributed by atoms with Gasteiger partial charge in [-0.1, -0.05) is 19.1 Å². The van der Waals surface area contributed by atoms with E-state index in [0.29, 0.717) is 11.6 Å². The Balaban J connectivity index is 1.96. The summed E-state index contributed by atoms with van der Waals surface area (Å²) in [6.45, 7) is 6.53. The van der Waals surface area contributed by atoms with Gasteiger partial charge in [0.1, 0.15) is 5.75 Å². The summed E-state index contributed by atoms with van der Waals surface area (Å²) in [6.07, 6.45) is 3.10. The molecule has 1 aliphatic heterocycles. The SMILES string of the molecule is CCCNC1CCN(C(=O)c2cccc(C)c2O)CC1. The van der Waals surface area contributed by atoms with Crippen molar-refractivity contribution in [3.05, 3.63) is 29.3 Å². The van der Waals surface area contributed by atoms with Crippen molar-refractivity contribution in [1.29, 1.82) is 0 Å². The maximum Gasteiger partial charge on any atom is 0.257 e. The molecular formula is C16H24N2O2. The number of nitrogens with one attached hydrogen (secondary N) is 1. The number of hydrogen-bond acceptors (Lipinski definition) is 3. The third-order valence-electron chi connectivity index (χ3n) is 3.93. The fraction of sp³-hybridized carbons (Fsp3) is 0.562. The topological polar surface area (TPSA) is 52.6 Å². The number of phenols is 1. The number of benzene rings is 1. The predicted molar refractivity (Wildman–Crippen MR) is 80.1 cm³/mol. The molecule has 1 fully saturated rings. The van der Waals surface area contributed by atoms with Crippen LogP contribution in [-0.2, 0) is 0 Å². The second-order valence-corrected chi connectivity index (χ2v) is 5.49. The summed E-state index contributed by atoms with van der Waals surface area (Å²) in [6, 6.07) is 5.85. The number of carbonyl (C=O) groups is 1. The molecule has 1 aliphatic rings. The number of rotatable bonds is 4. The second-order valence-electron chi connectivity index (χ2n) is 5.49. The van der Waals surface area contributed by atoms with E-state index in [0.717, 1.165) is 44.5 Å². The lowest BCUT2D eigenvalue weighted by molar-refractivity contribution is 0.0702. The van der Waals surface area contributed by atoms with Gasteiger partial charge in [0.15, 0.2) is 0 Å². The van der Waals surface area contributed by atoms with E-state index < -0.39 is 0 Å². The van der Waals surface area contributed by atoms with Crippen molar-refractivity contribution in [3.63, 3.8) is 0 Å². The van der Waals surface area contributed by atoms with Gasteiger partial charge in [0.05, 0.1) is 5.56 Å². The Labute approximate surface area is 120 Å². The van der Waals surface area contributed by atoms with Crippen LogP contribution in [0.25, 0.3) is 0 Å². The lowest BCUT2D eigenvalue weighted by atomic mass is 10.0. The molecule has 2 N–H and O–H groups in total. The van der Waals surface area contributed by atoms with Gasteiger partial charge in [-0.2, -0.15) is 0 Å². The van der Waals surface area contributed by atoms with Crippen LogP contribution in [-0.4, -0.2) is 41.6 Å². The number of para-hydroxylation sites is 1. The molecule has 0 saturated carbocycles. The standard InChI is InChI=1S/C16H24N2O2/c1-3-9-17-13-7-10-18(11-8-13)16(20)14-6-4-5-12(2)15(14)19/h4-6,13,17,19H,3,7-11H2,1-2H3. The second kappa shape index (κ2) is 6.75. The first-order valence-corrected chi connectivity index (χ1v) is 7.44. The van der Waals surface area contributed by atoms with Gasteiger partial charge in [0.25, 0.3) is 5.91 Å². The lowest BCUT2D eigenvalue weighted by Crippen LogP contribution is -2.45. The zero-order valence-electron chi connectivity index (χ0n) is 12.4. The van der Waals surface area contributed by atoms with E-state index in [4.69, 9.17) is 0 Å². The van der Waals surface area contributed by atoms with Crippen molar-refractivity contribution < 1.29 is 9.90 Å². The van der Waals surface area contributed by atoms with Gasteiger partial charge < -0.3 is 15.3 Å². The lowest BCUT2D eigenvalue weighted by Gasteiger charge is -2.32. The minimum atomic E-state index is -0.0554. The summed E-state index contributed by atoms with van der Waals surface area (Å²) < 4.78 is 0. The molecule has 0 spiro atoms. The van der Waals surface area contributed by atoms with E-state index in [1.165, 1.54) is 0 Å². The number of aryl methyl sites for hydroxylation is 1. The molecular weight excluding hydrogens is 252 g/mol. The fourth-order valence-corrected chi connectivity index (χ4v) is 2.64. The Morgan fingerprint density at radius 3 is 2.75 bits per heavy atom. The highest BCUT2D eigenvalue weighted by Crippen LogP contribution is 2.24. The monoisotopic (exact) mass is 276 g/mol. The highest BCUT2D eigenvalue weighted by Gasteiger charge is 2.24. The van der Waals surface area contributed by atoms with Gasteiger partial charge in [-0.25, -0.2) is 0 Å². The first-order chi connectivity index (χ1) is 9.63. The molecule has 1 amide bonds. The summed E-state index contributed by atoms with van der Waals surface area (Å²) in [5.41, 5.74) is 1.17. The zero-order chi connectivity index (χ0) is 14.5. The maximum absolute atomic E-state index is 12.4. The molecule has 0 atom stereocenters. The van der Waals surface area contributed by atoms with Crippen LogP contribution in [0.15, 0.2) is 18.2 Å². The van der Waals surface area contributed by atoms with E-state index in [-0.39, 0.29) is 11.7 Å². The molecule has 0 aromatic heterocycles. The third kappa shape index (κ3) is 3.31.